The second kappa shape index (κ2) is 10.9. The van der Waals surface area contributed by atoms with Crippen molar-refractivity contribution in [2.24, 2.45) is 5.92 Å². The Morgan fingerprint density at radius 1 is 1.07 bits per heavy atom. The van der Waals surface area contributed by atoms with Crippen LogP contribution in [0.5, 0.6) is 0 Å². The van der Waals surface area contributed by atoms with Crippen molar-refractivity contribution in [2.75, 3.05) is 20.6 Å². The molecule has 2 atom stereocenters. The number of nitrogens with one attached hydrogen (secondary N) is 1. The van der Waals surface area contributed by atoms with E-state index in [1.807, 2.05) is 61.7 Å². The summed E-state index contributed by atoms with van der Waals surface area (Å²) in [6.45, 7) is 0.706. The summed E-state index contributed by atoms with van der Waals surface area (Å²) in [6, 6.07) is 9.92. The van der Waals surface area contributed by atoms with Gasteiger partial charge >= 0.3 is 0 Å². The Kier molecular flexibility index (Phi) is 7.04. The smallest absolute Gasteiger partial charge is 0.167 e. The summed E-state index contributed by atoms with van der Waals surface area (Å²) in [7, 11) is 3.91. The van der Waals surface area contributed by atoms with Crippen LogP contribution in [-0.2, 0) is 11.2 Å². The van der Waals surface area contributed by atoms with Crippen LogP contribution in [-0.4, -0.2) is 66.9 Å². The molecule has 40 heavy (non-hydrogen) atoms. The minimum absolute atomic E-state index is 0.00125. The fourth-order valence-corrected chi connectivity index (χ4v) is 5.65. The van der Waals surface area contributed by atoms with E-state index in [9.17, 15) is 9.59 Å². The third-order valence-electron chi connectivity index (χ3n) is 7.62. The molecule has 9 heteroatoms. The third-order valence-corrected chi connectivity index (χ3v) is 7.62. The fourth-order valence-electron chi connectivity index (χ4n) is 5.65. The number of hydrogen-bond donors (Lipinski definition) is 1. The zero-order chi connectivity index (χ0) is 27.6. The van der Waals surface area contributed by atoms with Gasteiger partial charge in [0.2, 0.25) is 0 Å². The molecule has 0 amide bonds. The van der Waals surface area contributed by atoms with E-state index in [0.29, 0.717) is 12.1 Å². The molecule has 5 heterocycles. The summed E-state index contributed by atoms with van der Waals surface area (Å²) in [4.78, 5) is 40.1. The third kappa shape index (κ3) is 5.20. The molecule has 1 unspecified atom stereocenters. The van der Waals surface area contributed by atoms with E-state index in [0.717, 1.165) is 58.2 Å². The Morgan fingerprint density at radius 2 is 1.98 bits per heavy atom. The number of likely N-dealkylation sites (N-methyl/N-ethyl adjacent to an activating group) is 1. The molecule has 0 aliphatic heterocycles. The molecule has 9 nitrogen and oxygen atoms in total. The Morgan fingerprint density at radius 3 is 2.85 bits per heavy atom. The van der Waals surface area contributed by atoms with Gasteiger partial charge in [-0.25, -0.2) is 4.98 Å². The normalized spacial score (nSPS) is 17.5. The molecule has 6 rings (SSSR count). The van der Waals surface area contributed by atoms with E-state index in [4.69, 9.17) is 0 Å². The lowest BCUT2D eigenvalue weighted by molar-refractivity contribution is -0.114. The summed E-state index contributed by atoms with van der Waals surface area (Å²) < 4.78 is 1.63. The molecule has 0 bridgehead atoms. The average molecular weight is 534 g/mol. The van der Waals surface area contributed by atoms with Gasteiger partial charge in [-0.05, 0) is 86.8 Å². The van der Waals surface area contributed by atoms with Crippen molar-refractivity contribution in [1.29, 1.82) is 0 Å². The Labute approximate surface area is 232 Å². The number of aromatic amines is 1. The number of carbonyl (C=O) groups is 2. The number of fused-ring (bicyclic) bond motifs is 2. The van der Waals surface area contributed by atoms with Gasteiger partial charge in [-0.2, -0.15) is 14.8 Å². The molecule has 5 aromatic heterocycles. The Bertz CT molecular complexity index is 1730. The summed E-state index contributed by atoms with van der Waals surface area (Å²) >= 11 is 0. The zero-order valence-electron chi connectivity index (χ0n) is 22.6. The largest absolute Gasteiger partial charge is 0.343 e. The first-order chi connectivity index (χ1) is 19.5. The van der Waals surface area contributed by atoms with Crippen LogP contribution in [0.4, 0.5) is 0 Å². The highest BCUT2D eigenvalue weighted by Gasteiger charge is 2.32. The van der Waals surface area contributed by atoms with Gasteiger partial charge in [-0.3, -0.25) is 14.6 Å². The maximum atomic E-state index is 13.4. The van der Waals surface area contributed by atoms with Crippen molar-refractivity contribution in [1.82, 2.24) is 34.7 Å². The van der Waals surface area contributed by atoms with Crippen LogP contribution in [0.3, 0.4) is 0 Å². The predicted molar refractivity (Wildman–Crippen MR) is 153 cm³/mol. The van der Waals surface area contributed by atoms with Gasteiger partial charge in [0, 0.05) is 65.9 Å². The van der Waals surface area contributed by atoms with Crippen LogP contribution in [0.1, 0.15) is 46.8 Å². The lowest BCUT2D eigenvalue weighted by Crippen LogP contribution is -2.13. The second-order valence-corrected chi connectivity index (χ2v) is 10.8. The molecule has 1 fully saturated rings. The first-order valence-corrected chi connectivity index (χ1v) is 13.6. The van der Waals surface area contributed by atoms with Crippen molar-refractivity contribution in [3.63, 3.8) is 0 Å². The molecular weight excluding hydrogens is 502 g/mol. The lowest BCUT2D eigenvalue weighted by Gasteiger charge is -2.10. The SMILES string of the molecule is CN(C)C/C=C/C(=O)Cc1cncc(C(=O)C2CC[C@H](c3cc4c(-c5cnn6ncccc56)ccnc4[nH]3)C2)c1. The van der Waals surface area contributed by atoms with Gasteiger partial charge in [-0.1, -0.05) is 6.08 Å². The van der Waals surface area contributed by atoms with Gasteiger partial charge < -0.3 is 9.88 Å². The van der Waals surface area contributed by atoms with Crippen LogP contribution in [0.25, 0.3) is 27.7 Å². The van der Waals surface area contributed by atoms with Crippen LogP contribution < -0.4 is 0 Å². The molecule has 202 valence electrons. The monoisotopic (exact) mass is 533 g/mol. The summed E-state index contributed by atoms with van der Waals surface area (Å²) in [5, 5.41) is 9.72. The van der Waals surface area contributed by atoms with Gasteiger partial charge in [0.1, 0.15) is 5.65 Å². The van der Waals surface area contributed by atoms with Crippen molar-refractivity contribution in [3.8, 4) is 11.1 Å². The molecule has 1 saturated carbocycles. The Balaban J connectivity index is 1.17. The molecule has 0 aromatic carbocycles. The average Bonchev–Trinajstić information content (AvgIpc) is 3.70. The Hall–Kier alpha value is -4.50. The maximum absolute atomic E-state index is 13.4. The van der Waals surface area contributed by atoms with Crippen LogP contribution in [0.2, 0.25) is 0 Å². The highest BCUT2D eigenvalue weighted by molar-refractivity contribution is 5.99. The number of nitrogens with zero attached hydrogens (tertiary/aromatic N) is 6. The molecular formula is C31H31N7O2. The van der Waals surface area contributed by atoms with Crippen molar-refractivity contribution < 1.29 is 9.59 Å². The number of H-pyrrole nitrogens is 1. The number of hydrogen-bond acceptors (Lipinski definition) is 7. The minimum Gasteiger partial charge on any atom is -0.343 e. The first kappa shape index (κ1) is 25.8. The molecule has 0 spiro atoms. The van der Waals surface area contributed by atoms with Crippen molar-refractivity contribution >= 4 is 28.1 Å². The second-order valence-electron chi connectivity index (χ2n) is 10.8. The van der Waals surface area contributed by atoms with Crippen LogP contribution in [0.15, 0.2) is 73.5 Å². The van der Waals surface area contributed by atoms with Crippen molar-refractivity contribution in [3.05, 3.63) is 90.3 Å². The quantitative estimate of drug-likeness (QED) is 0.217. The zero-order valence-corrected chi connectivity index (χ0v) is 22.6. The molecule has 1 aliphatic rings. The van der Waals surface area contributed by atoms with Crippen LogP contribution in [0, 0.1) is 5.92 Å². The molecule has 0 radical (unpaired) electrons. The molecule has 1 aliphatic carbocycles. The molecule has 1 N–H and O–H groups in total. The van der Waals surface area contributed by atoms with E-state index in [-0.39, 0.29) is 29.8 Å². The summed E-state index contributed by atoms with van der Waals surface area (Å²) in [6.07, 6.45) is 14.8. The van der Waals surface area contributed by atoms with E-state index in [1.165, 1.54) is 0 Å². The standard InChI is InChI=1S/C31H31N7O2/c1-37(2)12-4-5-24(39)14-20-13-23(18-32-17-20)30(40)22-8-7-21(15-22)28-16-26-25(9-11-33-31(26)36-28)27-19-35-38-29(27)6-3-10-34-38/h3-6,9-11,13,16-19,21-22H,7-8,12,14-15H2,1-2H3,(H,33,36)/b5-4+/t21-,22?/m0/s1. The topological polar surface area (TPSA) is 109 Å². The lowest BCUT2D eigenvalue weighted by atomic mass is 9.94. The number of aromatic nitrogens is 6. The van der Waals surface area contributed by atoms with Gasteiger partial charge in [0.15, 0.2) is 11.6 Å². The summed E-state index contributed by atoms with van der Waals surface area (Å²) in [5.41, 5.74) is 6.26. The number of carbonyl (C=O) groups excluding carboxylic acids is 2. The van der Waals surface area contributed by atoms with E-state index < -0.39 is 0 Å². The van der Waals surface area contributed by atoms with Crippen LogP contribution >= 0.6 is 0 Å². The van der Waals surface area contributed by atoms with E-state index in [1.54, 1.807) is 29.3 Å². The van der Waals surface area contributed by atoms with Crippen molar-refractivity contribution in [2.45, 2.75) is 31.6 Å². The van der Waals surface area contributed by atoms with Gasteiger partial charge in [0.05, 0.1) is 11.7 Å². The highest BCUT2D eigenvalue weighted by Crippen LogP contribution is 2.41. The maximum Gasteiger partial charge on any atom is 0.167 e. The highest BCUT2D eigenvalue weighted by atomic mass is 16.1. The molecule has 5 aromatic rings. The number of pyridine rings is 2. The predicted octanol–water partition coefficient (Wildman–Crippen LogP) is 4.66. The number of Topliss-reactive ketones (excluding diaryl/α,β-unsaturated/α-hetero) is 1. The number of ketones is 2. The fraction of sp³-hybridized carbons (Fsp3) is 0.290. The summed E-state index contributed by atoms with van der Waals surface area (Å²) in [5.74, 6) is 0.256. The van der Waals surface area contributed by atoms with E-state index >= 15 is 0 Å². The number of rotatable bonds is 9. The van der Waals surface area contributed by atoms with E-state index in [2.05, 4.69) is 31.2 Å². The van der Waals surface area contributed by atoms with Gasteiger partial charge in [0.25, 0.3) is 0 Å². The molecule has 0 saturated heterocycles. The first-order valence-electron chi connectivity index (χ1n) is 13.6. The van der Waals surface area contributed by atoms with Gasteiger partial charge in [-0.15, -0.1) is 0 Å². The number of allylic oxidation sites excluding steroid dienone is 1. The minimum atomic E-state index is -0.0812.